The van der Waals surface area contributed by atoms with Crippen LogP contribution in [-0.4, -0.2) is 17.3 Å². The summed E-state index contributed by atoms with van der Waals surface area (Å²) >= 11 is 1.67. The molecule has 0 amide bonds. The SMILES string of the molecule is C/C=C(\C)[C@@H]1NC(SCc2ccc(F)cc2)=N[C@@H]1C1=CCC=CC(C)=C1. The average molecular weight is 369 g/mol. The Hall–Kier alpha value is -2.07. The normalized spacial score (nSPS) is 23.1. The zero-order chi connectivity index (χ0) is 18.5. The van der Waals surface area contributed by atoms with Gasteiger partial charge in [0.2, 0.25) is 0 Å². The van der Waals surface area contributed by atoms with Crippen molar-refractivity contribution in [3.8, 4) is 0 Å². The Morgan fingerprint density at radius 3 is 2.85 bits per heavy atom. The third kappa shape index (κ3) is 4.55. The first-order chi connectivity index (χ1) is 12.6. The molecule has 1 heterocycles. The highest BCUT2D eigenvalue weighted by atomic mass is 32.2. The van der Waals surface area contributed by atoms with Crippen molar-refractivity contribution in [3.05, 3.63) is 82.7 Å². The minimum Gasteiger partial charge on any atom is -0.356 e. The molecule has 4 heteroatoms. The Balaban J connectivity index is 1.77. The molecule has 1 aliphatic carbocycles. The lowest BCUT2D eigenvalue weighted by atomic mass is 9.94. The van der Waals surface area contributed by atoms with Crippen molar-refractivity contribution < 1.29 is 4.39 Å². The molecule has 0 fully saturated rings. The third-order valence-electron chi connectivity index (χ3n) is 4.69. The number of hydrogen-bond donors (Lipinski definition) is 1. The molecule has 0 saturated carbocycles. The molecule has 1 N–H and O–H groups in total. The first kappa shape index (κ1) is 18.7. The second kappa shape index (κ2) is 8.54. The standard InChI is InChI=1S/C22H25FN2S/c1-4-16(3)20-21(18-8-6-5-7-15(2)13-18)25-22(24-20)26-14-17-9-11-19(23)12-10-17/h4-5,7-13,20-21H,6,14H2,1-3H3,(H,24,25)/b16-4+/t20-,21+/m0/s1. The van der Waals surface area contributed by atoms with Gasteiger partial charge in [0.25, 0.3) is 0 Å². The number of thioether (sulfide) groups is 1. The van der Waals surface area contributed by atoms with Gasteiger partial charge >= 0.3 is 0 Å². The smallest absolute Gasteiger partial charge is 0.158 e. The predicted octanol–water partition coefficient (Wildman–Crippen LogP) is 5.55. The number of aliphatic imine (C=N–C) groups is 1. The quantitative estimate of drug-likeness (QED) is 0.704. The van der Waals surface area contributed by atoms with E-state index in [-0.39, 0.29) is 17.9 Å². The number of allylic oxidation sites excluding steroid dienone is 5. The van der Waals surface area contributed by atoms with E-state index in [0.29, 0.717) is 0 Å². The van der Waals surface area contributed by atoms with Crippen molar-refractivity contribution in [2.45, 2.75) is 45.0 Å². The summed E-state index contributed by atoms with van der Waals surface area (Å²) in [7, 11) is 0. The number of nitrogens with one attached hydrogen (secondary N) is 1. The van der Waals surface area contributed by atoms with Crippen molar-refractivity contribution in [2.75, 3.05) is 0 Å². The van der Waals surface area contributed by atoms with Gasteiger partial charge in [-0.25, -0.2) is 4.39 Å². The molecule has 0 spiro atoms. The van der Waals surface area contributed by atoms with Crippen molar-refractivity contribution >= 4 is 16.9 Å². The van der Waals surface area contributed by atoms with Crippen LogP contribution in [0.15, 0.2) is 76.4 Å². The number of rotatable bonds is 4. The van der Waals surface area contributed by atoms with Crippen LogP contribution < -0.4 is 5.32 Å². The Morgan fingerprint density at radius 1 is 1.35 bits per heavy atom. The molecule has 0 radical (unpaired) electrons. The van der Waals surface area contributed by atoms with Gasteiger partial charge in [-0.05, 0) is 50.5 Å². The van der Waals surface area contributed by atoms with Gasteiger partial charge in [0.1, 0.15) is 11.9 Å². The zero-order valence-electron chi connectivity index (χ0n) is 15.5. The van der Waals surface area contributed by atoms with Crippen LogP contribution in [-0.2, 0) is 5.75 Å². The number of hydrogen-bond acceptors (Lipinski definition) is 3. The summed E-state index contributed by atoms with van der Waals surface area (Å²) in [5, 5.41) is 4.54. The van der Waals surface area contributed by atoms with E-state index in [1.807, 2.05) is 12.1 Å². The Morgan fingerprint density at radius 2 is 2.12 bits per heavy atom. The summed E-state index contributed by atoms with van der Waals surface area (Å²) in [5.74, 6) is 0.575. The van der Waals surface area contributed by atoms with Crippen LogP contribution in [0.2, 0.25) is 0 Å². The highest BCUT2D eigenvalue weighted by molar-refractivity contribution is 8.13. The molecule has 0 unspecified atom stereocenters. The molecule has 1 aromatic carbocycles. The van der Waals surface area contributed by atoms with Crippen LogP contribution in [0.1, 0.15) is 32.8 Å². The van der Waals surface area contributed by atoms with E-state index in [4.69, 9.17) is 4.99 Å². The molecule has 3 rings (SSSR count). The van der Waals surface area contributed by atoms with Crippen molar-refractivity contribution in [1.82, 2.24) is 5.32 Å². The van der Waals surface area contributed by atoms with Crippen LogP contribution in [0.5, 0.6) is 0 Å². The van der Waals surface area contributed by atoms with Gasteiger partial charge < -0.3 is 5.32 Å². The number of benzene rings is 1. The summed E-state index contributed by atoms with van der Waals surface area (Å²) in [6, 6.07) is 6.95. The summed E-state index contributed by atoms with van der Waals surface area (Å²) < 4.78 is 13.1. The highest BCUT2D eigenvalue weighted by Crippen LogP contribution is 2.28. The lowest BCUT2D eigenvalue weighted by Gasteiger charge is -2.20. The third-order valence-corrected chi connectivity index (χ3v) is 5.67. The first-order valence-corrected chi connectivity index (χ1v) is 9.94. The Kier molecular flexibility index (Phi) is 6.15. The van der Waals surface area contributed by atoms with E-state index in [0.717, 1.165) is 22.9 Å². The van der Waals surface area contributed by atoms with E-state index < -0.39 is 0 Å². The molecule has 0 aromatic heterocycles. The maximum absolute atomic E-state index is 13.1. The molecule has 26 heavy (non-hydrogen) atoms. The van der Waals surface area contributed by atoms with Crippen molar-refractivity contribution in [2.24, 2.45) is 4.99 Å². The van der Waals surface area contributed by atoms with Crippen LogP contribution in [0, 0.1) is 5.82 Å². The fourth-order valence-electron chi connectivity index (χ4n) is 3.10. The molecule has 0 saturated heterocycles. The predicted molar refractivity (Wildman–Crippen MR) is 111 cm³/mol. The van der Waals surface area contributed by atoms with E-state index in [1.165, 1.54) is 28.9 Å². The largest absolute Gasteiger partial charge is 0.356 e. The summed E-state index contributed by atoms with van der Waals surface area (Å²) in [4.78, 5) is 4.98. The van der Waals surface area contributed by atoms with E-state index >= 15 is 0 Å². The summed E-state index contributed by atoms with van der Waals surface area (Å²) in [5.41, 5.74) is 4.91. The lowest BCUT2D eigenvalue weighted by molar-refractivity contribution is 0.627. The zero-order valence-corrected chi connectivity index (χ0v) is 16.3. The average Bonchev–Trinajstić information content (AvgIpc) is 2.95. The van der Waals surface area contributed by atoms with E-state index in [9.17, 15) is 4.39 Å². The highest BCUT2D eigenvalue weighted by Gasteiger charge is 2.31. The second-order valence-electron chi connectivity index (χ2n) is 6.68. The summed E-state index contributed by atoms with van der Waals surface area (Å²) in [6.07, 6.45) is 12.0. The maximum atomic E-state index is 13.1. The topological polar surface area (TPSA) is 24.4 Å². The van der Waals surface area contributed by atoms with E-state index in [1.54, 1.807) is 11.8 Å². The van der Waals surface area contributed by atoms with Gasteiger partial charge in [0.15, 0.2) is 5.17 Å². The van der Waals surface area contributed by atoms with Crippen molar-refractivity contribution in [1.29, 1.82) is 0 Å². The molecule has 1 aromatic rings. The maximum Gasteiger partial charge on any atom is 0.158 e. The summed E-state index contributed by atoms with van der Waals surface area (Å²) in [6.45, 7) is 6.35. The molecule has 2 atom stereocenters. The molecule has 136 valence electrons. The molecular weight excluding hydrogens is 343 g/mol. The van der Waals surface area contributed by atoms with Crippen LogP contribution in [0.25, 0.3) is 0 Å². The molecule has 0 bridgehead atoms. The van der Waals surface area contributed by atoms with Crippen molar-refractivity contribution in [3.63, 3.8) is 0 Å². The monoisotopic (exact) mass is 368 g/mol. The van der Waals surface area contributed by atoms with Crippen LogP contribution in [0.4, 0.5) is 4.39 Å². The molecule has 2 nitrogen and oxygen atoms in total. The molecule has 2 aliphatic rings. The fourth-order valence-corrected chi connectivity index (χ4v) is 4.00. The van der Waals surface area contributed by atoms with E-state index in [2.05, 4.69) is 56.5 Å². The van der Waals surface area contributed by atoms with Gasteiger partial charge in [0, 0.05) is 5.75 Å². The number of nitrogens with zero attached hydrogens (tertiary/aromatic N) is 1. The number of halogens is 1. The first-order valence-electron chi connectivity index (χ1n) is 8.96. The minimum absolute atomic E-state index is 0.0942. The fraction of sp³-hybridized carbons (Fsp3) is 0.318. The minimum atomic E-state index is -0.199. The second-order valence-corrected chi connectivity index (χ2v) is 7.64. The Bertz CT molecular complexity index is 800. The van der Waals surface area contributed by atoms with Gasteiger partial charge in [-0.1, -0.05) is 65.4 Å². The van der Waals surface area contributed by atoms with Gasteiger partial charge in [-0.2, -0.15) is 0 Å². The van der Waals surface area contributed by atoms with Crippen LogP contribution >= 0.6 is 11.8 Å². The van der Waals surface area contributed by atoms with Gasteiger partial charge in [0.05, 0.1) is 6.04 Å². The van der Waals surface area contributed by atoms with Gasteiger partial charge in [-0.15, -0.1) is 0 Å². The molecular formula is C22H25FN2S. The lowest BCUT2D eigenvalue weighted by Crippen LogP contribution is -2.35. The molecule has 1 aliphatic heterocycles. The Labute approximate surface area is 159 Å². The van der Waals surface area contributed by atoms with Crippen LogP contribution in [0.3, 0.4) is 0 Å². The number of amidine groups is 1. The van der Waals surface area contributed by atoms with Gasteiger partial charge in [-0.3, -0.25) is 4.99 Å².